The Bertz CT molecular complexity index is 600. The highest BCUT2D eigenvalue weighted by molar-refractivity contribution is 5.79. The molecular weight excluding hydrogens is 347 g/mol. The fourth-order valence-electron chi connectivity index (χ4n) is 3.10. The van der Waals surface area contributed by atoms with Gasteiger partial charge in [-0.2, -0.15) is 13.2 Å². The zero-order valence-corrected chi connectivity index (χ0v) is 15.2. The molecule has 0 aromatic heterocycles. The summed E-state index contributed by atoms with van der Waals surface area (Å²) in [6, 6.07) is 5.60. The Morgan fingerprint density at radius 2 is 2.00 bits per heavy atom. The lowest BCUT2D eigenvalue weighted by molar-refractivity contribution is -0.137. The number of aliphatic imine (C=N–C) groups is 1. The second kappa shape index (κ2) is 9.23. The zero-order valence-electron chi connectivity index (χ0n) is 15.2. The maximum Gasteiger partial charge on any atom is 0.416 e. The van der Waals surface area contributed by atoms with Crippen LogP contribution in [0.1, 0.15) is 24.0 Å². The first kappa shape index (κ1) is 20.5. The molecule has 2 rings (SSSR count). The summed E-state index contributed by atoms with van der Waals surface area (Å²) in [6.45, 7) is 2.65. The molecule has 0 bridgehead atoms. The van der Waals surface area contributed by atoms with Crippen LogP contribution in [0, 0.1) is 0 Å². The fourth-order valence-corrected chi connectivity index (χ4v) is 3.10. The van der Waals surface area contributed by atoms with Gasteiger partial charge in [0.15, 0.2) is 5.96 Å². The minimum absolute atomic E-state index is 0.432. The van der Waals surface area contributed by atoms with Crippen LogP contribution in [-0.4, -0.2) is 53.0 Å². The predicted octanol–water partition coefficient (Wildman–Crippen LogP) is 2.57. The Labute approximate surface area is 152 Å². The second-order valence-corrected chi connectivity index (χ2v) is 6.32. The Balaban J connectivity index is 2.18. The van der Waals surface area contributed by atoms with Crippen LogP contribution >= 0.6 is 0 Å². The number of nitrogens with one attached hydrogen (secondary N) is 2. The first-order valence-electron chi connectivity index (χ1n) is 8.60. The van der Waals surface area contributed by atoms with Crippen LogP contribution in [0.25, 0.3) is 0 Å². The number of methoxy groups -OCH3 is 1. The lowest BCUT2D eigenvalue weighted by Crippen LogP contribution is -2.48. The van der Waals surface area contributed by atoms with Crippen LogP contribution < -0.4 is 10.6 Å². The molecule has 0 unspecified atom stereocenters. The molecule has 0 atom stereocenters. The smallest absolute Gasteiger partial charge is 0.383 e. The molecule has 1 heterocycles. The van der Waals surface area contributed by atoms with Gasteiger partial charge in [0.2, 0.25) is 0 Å². The van der Waals surface area contributed by atoms with E-state index in [-0.39, 0.29) is 0 Å². The molecule has 1 fully saturated rings. The normalized spacial score (nSPS) is 17.8. The summed E-state index contributed by atoms with van der Waals surface area (Å²) in [5, 5.41) is 6.36. The molecule has 0 aliphatic carbocycles. The number of benzene rings is 1. The van der Waals surface area contributed by atoms with Crippen molar-refractivity contribution in [2.75, 3.05) is 47.1 Å². The molecule has 1 aromatic carbocycles. The van der Waals surface area contributed by atoms with Gasteiger partial charge in [-0.15, -0.1) is 0 Å². The Morgan fingerprint density at radius 1 is 1.27 bits per heavy atom. The van der Waals surface area contributed by atoms with Gasteiger partial charge >= 0.3 is 6.18 Å². The monoisotopic (exact) mass is 373 g/mol. The van der Waals surface area contributed by atoms with Gasteiger partial charge in [-0.05, 0) is 24.5 Å². The molecule has 0 saturated carbocycles. The third-order valence-corrected chi connectivity index (χ3v) is 4.67. The standard InChI is InChI=1S/C18H26F3N3O2/c1-22-16(23-8-11-25-2)24-13-17(6-9-26-10-7-17)14-4-3-5-15(12-14)18(19,20)21/h3-5,12H,6-11,13H2,1-2H3,(H2,22,23,24). The van der Waals surface area contributed by atoms with E-state index in [1.54, 1.807) is 20.2 Å². The highest BCUT2D eigenvalue weighted by Gasteiger charge is 2.37. The number of guanidine groups is 1. The van der Waals surface area contributed by atoms with E-state index < -0.39 is 17.2 Å². The predicted molar refractivity (Wildman–Crippen MR) is 94.4 cm³/mol. The first-order valence-corrected chi connectivity index (χ1v) is 8.60. The zero-order chi connectivity index (χ0) is 19.0. The van der Waals surface area contributed by atoms with E-state index in [0.717, 1.165) is 6.07 Å². The maximum absolute atomic E-state index is 13.1. The van der Waals surface area contributed by atoms with Crippen molar-refractivity contribution in [2.45, 2.75) is 24.4 Å². The van der Waals surface area contributed by atoms with Gasteiger partial charge in [-0.1, -0.05) is 18.2 Å². The fraction of sp³-hybridized carbons (Fsp3) is 0.611. The molecule has 2 N–H and O–H groups in total. The molecule has 0 amide bonds. The quantitative estimate of drug-likeness (QED) is 0.457. The van der Waals surface area contributed by atoms with E-state index >= 15 is 0 Å². The summed E-state index contributed by atoms with van der Waals surface area (Å²) in [5.41, 5.74) is -0.378. The van der Waals surface area contributed by atoms with Crippen molar-refractivity contribution in [3.63, 3.8) is 0 Å². The molecular formula is C18H26F3N3O2. The topological polar surface area (TPSA) is 54.9 Å². The summed E-state index contributed by atoms with van der Waals surface area (Å²) in [6.07, 6.45) is -3.06. The van der Waals surface area contributed by atoms with Gasteiger partial charge in [0.1, 0.15) is 0 Å². The molecule has 5 nitrogen and oxygen atoms in total. The highest BCUT2D eigenvalue weighted by atomic mass is 19.4. The summed E-state index contributed by atoms with van der Waals surface area (Å²) in [5.74, 6) is 0.597. The van der Waals surface area contributed by atoms with Gasteiger partial charge in [-0.3, -0.25) is 4.99 Å². The van der Waals surface area contributed by atoms with Crippen molar-refractivity contribution in [1.29, 1.82) is 0 Å². The van der Waals surface area contributed by atoms with Crippen molar-refractivity contribution < 1.29 is 22.6 Å². The maximum atomic E-state index is 13.1. The number of ether oxygens (including phenoxy) is 2. The Morgan fingerprint density at radius 3 is 2.62 bits per heavy atom. The molecule has 1 saturated heterocycles. The number of alkyl halides is 3. The van der Waals surface area contributed by atoms with Gasteiger partial charge in [0.05, 0.1) is 12.2 Å². The lowest BCUT2D eigenvalue weighted by Gasteiger charge is -2.38. The summed E-state index contributed by atoms with van der Waals surface area (Å²) >= 11 is 0. The van der Waals surface area contributed by atoms with E-state index in [0.29, 0.717) is 57.3 Å². The number of halogens is 3. The molecule has 0 spiro atoms. The van der Waals surface area contributed by atoms with Crippen molar-refractivity contribution in [3.05, 3.63) is 35.4 Å². The average molecular weight is 373 g/mol. The van der Waals surface area contributed by atoms with Crippen LogP contribution in [0.5, 0.6) is 0 Å². The number of hydrogen-bond donors (Lipinski definition) is 2. The van der Waals surface area contributed by atoms with E-state index in [1.165, 1.54) is 12.1 Å². The van der Waals surface area contributed by atoms with Crippen LogP contribution in [0.4, 0.5) is 13.2 Å². The van der Waals surface area contributed by atoms with Crippen molar-refractivity contribution in [3.8, 4) is 0 Å². The van der Waals surface area contributed by atoms with Gasteiger partial charge in [-0.25, -0.2) is 0 Å². The largest absolute Gasteiger partial charge is 0.416 e. The Kier molecular flexibility index (Phi) is 7.28. The molecule has 1 aliphatic rings. The minimum Gasteiger partial charge on any atom is -0.383 e. The summed E-state index contributed by atoms with van der Waals surface area (Å²) in [4.78, 5) is 4.15. The lowest BCUT2D eigenvalue weighted by atomic mass is 9.73. The average Bonchev–Trinajstić information content (AvgIpc) is 2.65. The molecule has 1 aromatic rings. The SMILES string of the molecule is CN=C(NCCOC)NCC1(c2cccc(C(F)(F)F)c2)CCOCC1. The van der Waals surface area contributed by atoms with E-state index in [4.69, 9.17) is 9.47 Å². The van der Waals surface area contributed by atoms with E-state index in [1.807, 2.05) is 0 Å². The number of rotatable bonds is 6. The van der Waals surface area contributed by atoms with E-state index in [9.17, 15) is 13.2 Å². The summed E-state index contributed by atoms with van der Waals surface area (Å²) in [7, 11) is 3.27. The molecule has 1 aliphatic heterocycles. The van der Waals surface area contributed by atoms with Crippen LogP contribution in [0.2, 0.25) is 0 Å². The molecule has 8 heteroatoms. The third-order valence-electron chi connectivity index (χ3n) is 4.67. The van der Waals surface area contributed by atoms with Gasteiger partial charge in [0, 0.05) is 45.9 Å². The van der Waals surface area contributed by atoms with Gasteiger partial charge < -0.3 is 20.1 Å². The summed E-state index contributed by atoms with van der Waals surface area (Å²) < 4.78 is 49.8. The van der Waals surface area contributed by atoms with Crippen LogP contribution in [0.3, 0.4) is 0 Å². The Hall–Kier alpha value is -1.80. The number of hydrogen-bond acceptors (Lipinski definition) is 3. The second-order valence-electron chi connectivity index (χ2n) is 6.32. The van der Waals surface area contributed by atoms with Crippen molar-refractivity contribution in [1.82, 2.24) is 10.6 Å². The van der Waals surface area contributed by atoms with Crippen molar-refractivity contribution in [2.24, 2.45) is 4.99 Å². The number of nitrogens with zero attached hydrogens (tertiary/aromatic N) is 1. The van der Waals surface area contributed by atoms with Crippen LogP contribution in [0.15, 0.2) is 29.3 Å². The highest BCUT2D eigenvalue weighted by Crippen LogP contribution is 2.37. The molecule has 146 valence electrons. The van der Waals surface area contributed by atoms with E-state index in [2.05, 4.69) is 15.6 Å². The first-order chi connectivity index (χ1) is 12.4. The molecule has 26 heavy (non-hydrogen) atoms. The minimum atomic E-state index is -4.35. The van der Waals surface area contributed by atoms with Crippen molar-refractivity contribution >= 4 is 5.96 Å². The van der Waals surface area contributed by atoms with Gasteiger partial charge in [0.25, 0.3) is 0 Å². The van der Waals surface area contributed by atoms with Crippen LogP contribution in [-0.2, 0) is 21.1 Å². The molecule has 0 radical (unpaired) electrons. The third kappa shape index (κ3) is 5.35.